The molecule has 27 heavy (non-hydrogen) atoms. The second kappa shape index (κ2) is 7.08. The lowest BCUT2D eigenvalue weighted by Crippen LogP contribution is -2.21. The van der Waals surface area contributed by atoms with Crippen molar-refractivity contribution in [2.75, 3.05) is 14.2 Å². The molecule has 7 heteroatoms. The Bertz CT molecular complexity index is 1010. The number of aromatic nitrogens is 3. The number of aryl methyl sites for hydroxylation is 1. The Labute approximate surface area is 162 Å². The van der Waals surface area contributed by atoms with Crippen LogP contribution in [-0.4, -0.2) is 40.1 Å². The second-order valence-electron chi connectivity index (χ2n) is 6.30. The number of hydrogen-bond acceptors (Lipinski definition) is 6. The summed E-state index contributed by atoms with van der Waals surface area (Å²) in [5, 5.41) is 14.5. The van der Waals surface area contributed by atoms with Gasteiger partial charge >= 0.3 is 0 Å². The predicted octanol–water partition coefficient (Wildman–Crippen LogP) is 4.02. The lowest BCUT2D eigenvalue weighted by atomic mass is 10.1. The van der Waals surface area contributed by atoms with E-state index in [9.17, 15) is 0 Å². The maximum absolute atomic E-state index is 5.41. The molecule has 1 aromatic heterocycles. The molecule has 0 fully saturated rings. The number of thioether (sulfide) groups is 1. The van der Waals surface area contributed by atoms with E-state index >= 15 is 0 Å². The number of methoxy groups -OCH3 is 2. The Kier molecular flexibility index (Phi) is 4.61. The molecular weight excluding hydrogens is 360 g/mol. The standard InChI is InChI=1S/C20H20N4O2S/c1-12-5-7-14(8-6-12)18-13(2)27-20-22-21-19(24(20)23-18)15-9-10-16(25-3)17(11-15)26-4/h5-11,13H,1-4H3/t13-/m1/s1. The van der Waals surface area contributed by atoms with Gasteiger partial charge in [-0.1, -0.05) is 41.6 Å². The fourth-order valence-corrected chi connectivity index (χ4v) is 3.93. The lowest BCUT2D eigenvalue weighted by molar-refractivity contribution is 0.355. The van der Waals surface area contributed by atoms with Crippen LogP contribution in [0.15, 0.2) is 52.7 Å². The third-order valence-electron chi connectivity index (χ3n) is 4.48. The molecule has 2 heterocycles. The van der Waals surface area contributed by atoms with Gasteiger partial charge in [-0.05, 0) is 37.6 Å². The molecule has 1 atom stereocenters. The van der Waals surface area contributed by atoms with Crippen molar-refractivity contribution in [3.8, 4) is 22.9 Å². The summed E-state index contributed by atoms with van der Waals surface area (Å²) in [6.07, 6.45) is 0. The fraction of sp³-hybridized carbons (Fsp3) is 0.250. The highest BCUT2D eigenvalue weighted by molar-refractivity contribution is 8.00. The molecule has 0 saturated carbocycles. The van der Waals surface area contributed by atoms with Crippen LogP contribution < -0.4 is 9.47 Å². The van der Waals surface area contributed by atoms with Gasteiger partial charge in [0.2, 0.25) is 5.16 Å². The van der Waals surface area contributed by atoms with Crippen LogP contribution in [0.25, 0.3) is 11.4 Å². The molecule has 0 radical (unpaired) electrons. The molecule has 6 nitrogen and oxygen atoms in total. The van der Waals surface area contributed by atoms with E-state index in [2.05, 4.69) is 48.3 Å². The molecule has 0 bridgehead atoms. The number of ether oxygens (including phenoxy) is 2. The minimum atomic E-state index is 0.197. The van der Waals surface area contributed by atoms with Crippen molar-refractivity contribution in [1.29, 1.82) is 0 Å². The molecule has 0 saturated heterocycles. The molecule has 4 rings (SSSR count). The Morgan fingerprint density at radius 2 is 1.63 bits per heavy atom. The lowest BCUT2D eigenvalue weighted by Gasteiger charge is -2.20. The number of rotatable bonds is 4. The third-order valence-corrected chi connectivity index (χ3v) is 5.52. The molecule has 0 unspecified atom stereocenters. The van der Waals surface area contributed by atoms with E-state index in [-0.39, 0.29) is 5.25 Å². The van der Waals surface area contributed by atoms with Crippen molar-refractivity contribution in [3.63, 3.8) is 0 Å². The summed E-state index contributed by atoms with van der Waals surface area (Å²) in [5.41, 5.74) is 4.22. The van der Waals surface area contributed by atoms with Crippen molar-refractivity contribution in [2.45, 2.75) is 24.3 Å². The van der Waals surface area contributed by atoms with Crippen molar-refractivity contribution >= 4 is 17.5 Å². The SMILES string of the molecule is COc1ccc(-c2nnc3n2N=C(c2ccc(C)cc2)[C@@H](C)S3)cc1OC. The molecular formula is C20H20N4O2S. The number of hydrogen-bond donors (Lipinski definition) is 0. The molecule has 0 N–H and O–H groups in total. The normalized spacial score (nSPS) is 15.9. The second-order valence-corrected chi connectivity index (χ2v) is 7.61. The van der Waals surface area contributed by atoms with E-state index in [1.807, 2.05) is 18.2 Å². The summed E-state index contributed by atoms with van der Waals surface area (Å²) in [4.78, 5) is 0. The van der Waals surface area contributed by atoms with Crippen LogP contribution in [0.2, 0.25) is 0 Å². The van der Waals surface area contributed by atoms with Gasteiger partial charge in [0, 0.05) is 5.56 Å². The van der Waals surface area contributed by atoms with Gasteiger partial charge in [0.05, 0.1) is 25.2 Å². The summed E-state index contributed by atoms with van der Waals surface area (Å²) < 4.78 is 12.5. The van der Waals surface area contributed by atoms with Gasteiger partial charge in [-0.3, -0.25) is 0 Å². The minimum Gasteiger partial charge on any atom is -0.493 e. The van der Waals surface area contributed by atoms with Gasteiger partial charge in [0.15, 0.2) is 17.3 Å². The van der Waals surface area contributed by atoms with Gasteiger partial charge in [0.25, 0.3) is 0 Å². The molecule has 0 amide bonds. The highest BCUT2D eigenvalue weighted by atomic mass is 32.2. The van der Waals surface area contributed by atoms with Crippen molar-refractivity contribution in [2.24, 2.45) is 5.10 Å². The molecule has 138 valence electrons. The van der Waals surface area contributed by atoms with Crippen LogP contribution in [0.3, 0.4) is 0 Å². The zero-order chi connectivity index (χ0) is 19.0. The Morgan fingerprint density at radius 1 is 0.926 bits per heavy atom. The molecule has 3 aromatic rings. The summed E-state index contributed by atoms with van der Waals surface area (Å²) in [6, 6.07) is 14.1. The van der Waals surface area contributed by atoms with Gasteiger partial charge < -0.3 is 9.47 Å². The average molecular weight is 380 g/mol. The van der Waals surface area contributed by atoms with Gasteiger partial charge in [-0.15, -0.1) is 10.2 Å². The Morgan fingerprint density at radius 3 is 2.33 bits per heavy atom. The number of fused-ring (bicyclic) bond motifs is 1. The first-order chi connectivity index (χ1) is 13.1. The maximum Gasteiger partial charge on any atom is 0.213 e. The first kappa shape index (κ1) is 17.6. The van der Waals surface area contributed by atoms with Crippen LogP contribution in [0.4, 0.5) is 0 Å². The summed E-state index contributed by atoms with van der Waals surface area (Å²) in [6.45, 7) is 4.22. The smallest absolute Gasteiger partial charge is 0.213 e. The quantitative estimate of drug-likeness (QED) is 0.684. The van der Waals surface area contributed by atoms with Gasteiger partial charge in [-0.2, -0.15) is 9.78 Å². The van der Waals surface area contributed by atoms with Crippen molar-refractivity contribution in [1.82, 2.24) is 14.9 Å². The Hall–Kier alpha value is -2.80. The third kappa shape index (κ3) is 3.19. The van der Waals surface area contributed by atoms with E-state index < -0.39 is 0 Å². The van der Waals surface area contributed by atoms with E-state index in [0.717, 1.165) is 22.0 Å². The topological polar surface area (TPSA) is 61.5 Å². The van der Waals surface area contributed by atoms with Crippen molar-refractivity contribution in [3.05, 3.63) is 53.6 Å². The average Bonchev–Trinajstić information content (AvgIpc) is 3.10. The number of nitrogens with zero attached hydrogens (tertiary/aromatic N) is 4. The van der Waals surface area contributed by atoms with Crippen molar-refractivity contribution < 1.29 is 9.47 Å². The molecule has 0 spiro atoms. The largest absolute Gasteiger partial charge is 0.493 e. The number of benzene rings is 2. The fourth-order valence-electron chi connectivity index (χ4n) is 3.00. The summed E-state index contributed by atoms with van der Waals surface area (Å²) in [7, 11) is 3.23. The Balaban J connectivity index is 1.80. The highest BCUT2D eigenvalue weighted by Gasteiger charge is 2.26. The zero-order valence-electron chi connectivity index (χ0n) is 15.6. The predicted molar refractivity (Wildman–Crippen MR) is 107 cm³/mol. The first-order valence-electron chi connectivity index (χ1n) is 8.61. The summed E-state index contributed by atoms with van der Waals surface area (Å²) >= 11 is 1.65. The maximum atomic E-state index is 5.41. The van der Waals surface area contributed by atoms with Crippen LogP contribution in [-0.2, 0) is 0 Å². The molecule has 2 aromatic carbocycles. The van der Waals surface area contributed by atoms with Gasteiger partial charge in [0.1, 0.15) is 0 Å². The summed E-state index contributed by atoms with van der Waals surface area (Å²) in [5.74, 6) is 1.99. The monoisotopic (exact) mass is 380 g/mol. The minimum absolute atomic E-state index is 0.197. The van der Waals surface area contributed by atoms with Crippen LogP contribution >= 0.6 is 11.8 Å². The van der Waals surface area contributed by atoms with E-state index in [4.69, 9.17) is 14.6 Å². The van der Waals surface area contributed by atoms with Crippen LogP contribution in [0.5, 0.6) is 11.5 Å². The molecule has 1 aliphatic heterocycles. The molecule has 1 aliphatic rings. The molecule has 0 aliphatic carbocycles. The van der Waals surface area contributed by atoms with E-state index in [1.54, 1.807) is 30.7 Å². The van der Waals surface area contributed by atoms with E-state index in [0.29, 0.717) is 17.3 Å². The van der Waals surface area contributed by atoms with Crippen LogP contribution in [0.1, 0.15) is 18.1 Å². The first-order valence-corrected chi connectivity index (χ1v) is 9.49. The van der Waals surface area contributed by atoms with Crippen LogP contribution in [0, 0.1) is 6.92 Å². The zero-order valence-corrected chi connectivity index (χ0v) is 16.4. The van der Waals surface area contributed by atoms with E-state index in [1.165, 1.54) is 5.56 Å². The highest BCUT2D eigenvalue weighted by Crippen LogP contribution is 2.35. The van der Waals surface area contributed by atoms with Gasteiger partial charge in [-0.25, -0.2) is 0 Å².